The maximum atomic E-state index is 11.2. The van der Waals surface area contributed by atoms with E-state index in [-0.39, 0.29) is 19.6 Å². The van der Waals surface area contributed by atoms with Crippen LogP contribution in [-0.4, -0.2) is 27.8 Å². The van der Waals surface area contributed by atoms with Crippen molar-refractivity contribution in [3.05, 3.63) is 82.9 Å². The van der Waals surface area contributed by atoms with E-state index in [0.717, 1.165) is 38.9 Å². The van der Waals surface area contributed by atoms with Gasteiger partial charge < -0.3 is 25.1 Å². The molecule has 0 aliphatic heterocycles. The molecule has 4 N–H and O–H groups in total. The lowest BCUT2D eigenvalue weighted by Crippen LogP contribution is -2.04. The number of aliphatic carboxylic acids is 1. The number of aliphatic hydroxyl groups excluding tert-OH is 1. The smallest absolute Gasteiger partial charge is 0.307 e. The standard InChI is InChI=1S/C26H26N2O5/c1-16-2-3-19(13-25(30)31)24(8-16)32-15-17-9-20-12-22(5-7-29)33-26(20)23(10-17)18-4-6-28-21(11-18)14-27/h2-4,6,8-12,29H,5,7,13-15,27H2,1H3,(H,30,31). The molecule has 4 aromatic rings. The molecule has 2 aromatic carbocycles. The minimum atomic E-state index is -0.907. The second kappa shape index (κ2) is 9.85. The summed E-state index contributed by atoms with van der Waals surface area (Å²) in [6, 6.07) is 15.3. The fourth-order valence-corrected chi connectivity index (χ4v) is 3.82. The molecule has 0 saturated carbocycles. The Bertz CT molecular complexity index is 1300. The Balaban J connectivity index is 1.73. The number of fused-ring (bicyclic) bond motifs is 1. The van der Waals surface area contributed by atoms with Crippen LogP contribution in [0.2, 0.25) is 0 Å². The van der Waals surface area contributed by atoms with E-state index >= 15 is 0 Å². The van der Waals surface area contributed by atoms with Crippen LogP contribution in [0.4, 0.5) is 0 Å². The van der Waals surface area contributed by atoms with Gasteiger partial charge in [-0.15, -0.1) is 0 Å². The summed E-state index contributed by atoms with van der Waals surface area (Å²) >= 11 is 0. The van der Waals surface area contributed by atoms with Gasteiger partial charge in [-0.3, -0.25) is 9.78 Å². The summed E-state index contributed by atoms with van der Waals surface area (Å²) in [4.78, 5) is 15.5. The number of ether oxygens (including phenoxy) is 1. The molecule has 7 nitrogen and oxygen atoms in total. The molecule has 0 radical (unpaired) electrons. The number of carboxylic acids is 1. The van der Waals surface area contributed by atoms with Crippen molar-refractivity contribution in [1.29, 1.82) is 0 Å². The number of aromatic nitrogens is 1. The molecule has 0 atom stereocenters. The maximum Gasteiger partial charge on any atom is 0.307 e. The van der Waals surface area contributed by atoms with Gasteiger partial charge >= 0.3 is 5.97 Å². The highest BCUT2D eigenvalue weighted by Gasteiger charge is 2.15. The summed E-state index contributed by atoms with van der Waals surface area (Å²) in [5.41, 5.74) is 11.6. The molecule has 170 valence electrons. The number of pyridine rings is 1. The molecule has 2 heterocycles. The van der Waals surface area contributed by atoms with Gasteiger partial charge in [0.05, 0.1) is 18.7 Å². The lowest BCUT2D eigenvalue weighted by atomic mass is 10.0. The van der Waals surface area contributed by atoms with Crippen LogP contribution < -0.4 is 10.5 Å². The van der Waals surface area contributed by atoms with E-state index in [1.54, 1.807) is 12.3 Å². The Morgan fingerprint density at radius 1 is 1.15 bits per heavy atom. The van der Waals surface area contributed by atoms with Crippen LogP contribution in [0.25, 0.3) is 22.1 Å². The van der Waals surface area contributed by atoms with E-state index in [1.165, 1.54) is 0 Å². The summed E-state index contributed by atoms with van der Waals surface area (Å²) in [6.07, 6.45) is 2.03. The molecule has 0 spiro atoms. The van der Waals surface area contributed by atoms with Crippen LogP contribution in [0, 0.1) is 6.92 Å². The molecule has 0 aliphatic rings. The number of rotatable bonds is 9. The topological polar surface area (TPSA) is 119 Å². The van der Waals surface area contributed by atoms with E-state index in [4.69, 9.17) is 14.9 Å². The van der Waals surface area contributed by atoms with Gasteiger partial charge in [0.25, 0.3) is 0 Å². The monoisotopic (exact) mass is 446 g/mol. The Kier molecular flexibility index (Phi) is 6.72. The third-order valence-corrected chi connectivity index (χ3v) is 5.38. The number of carboxylic acid groups (broad SMARTS) is 1. The molecular weight excluding hydrogens is 420 g/mol. The van der Waals surface area contributed by atoms with Crippen molar-refractivity contribution in [2.24, 2.45) is 5.73 Å². The third-order valence-electron chi connectivity index (χ3n) is 5.38. The summed E-state index contributed by atoms with van der Waals surface area (Å²) in [5, 5.41) is 19.4. The second-order valence-electron chi connectivity index (χ2n) is 7.96. The summed E-state index contributed by atoms with van der Waals surface area (Å²) in [6.45, 7) is 2.52. The normalized spacial score (nSPS) is 11.1. The first-order valence-electron chi connectivity index (χ1n) is 10.7. The maximum absolute atomic E-state index is 11.2. The predicted molar refractivity (Wildman–Crippen MR) is 125 cm³/mol. The van der Waals surface area contributed by atoms with Gasteiger partial charge in [0.2, 0.25) is 0 Å². The van der Waals surface area contributed by atoms with Crippen molar-refractivity contribution in [2.75, 3.05) is 6.61 Å². The van der Waals surface area contributed by atoms with Crippen LogP contribution in [0.5, 0.6) is 5.75 Å². The zero-order valence-electron chi connectivity index (χ0n) is 18.4. The lowest BCUT2D eigenvalue weighted by Gasteiger charge is -2.13. The number of hydrogen-bond donors (Lipinski definition) is 3. The summed E-state index contributed by atoms with van der Waals surface area (Å²) in [5.74, 6) is 0.347. The molecule has 7 heteroatoms. The van der Waals surface area contributed by atoms with Crippen molar-refractivity contribution in [2.45, 2.75) is 32.9 Å². The van der Waals surface area contributed by atoms with Gasteiger partial charge in [-0.05, 0) is 60.0 Å². The molecule has 2 aromatic heterocycles. The Labute approximate surface area is 191 Å². The molecule has 0 fully saturated rings. The van der Waals surface area contributed by atoms with E-state index in [2.05, 4.69) is 4.98 Å². The van der Waals surface area contributed by atoms with Gasteiger partial charge in [-0.1, -0.05) is 12.1 Å². The van der Waals surface area contributed by atoms with Gasteiger partial charge in [0.1, 0.15) is 23.7 Å². The SMILES string of the molecule is Cc1ccc(CC(=O)O)c(OCc2cc(-c3ccnc(CN)c3)c3oc(CCO)cc3c2)c1. The molecule has 0 saturated heterocycles. The van der Waals surface area contributed by atoms with Crippen molar-refractivity contribution < 1.29 is 24.2 Å². The average Bonchev–Trinajstić information content (AvgIpc) is 3.21. The number of nitrogens with zero attached hydrogens (tertiary/aromatic N) is 1. The Hall–Kier alpha value is -3.68. The molecule has 0 bridgehead atoms. The van der Waals surface area contributed by atoms with E-state index in [1.807, 2.05) is 49.4 Å². The first kappa shape index (κ1) is 22.5. The fourth-order valence-electron chi connectivity index (χ4n) is 3.82. The number of hydrogen-bond acceptors (Lipinski definition) is 6. The molecular formula is C26H26N2O5. The number of aryl methyl sites for hydroxylation is 1. The predicted octanol–water partition coefficient (Wildman–Crippen LogP) is 4.00. The van der Waals surface area contributed by atoms with Crippen LogP contribution >= 0.6 is 0 Å². The minimum Gasteiger partial charge on any atom is -0.489 e. The molecule has 0 amide bonds. The number of furan rings is 1. The highest BCUT2D eigenvalue weighted by Crippen LogP contribution is 2.33. The highest BCUT2D eigenvalue weighted by atomic mass is 16.5. The highest BCUT2D eigenvalue weighted by molar-refractivity contribution is 5.93. The fraction of sp³-hybridized carbons (Fsp3) is 0.231. The van der Waals surface area contributed by atoms with Crippen molar-refractivity contribution in [3.8, 4) is 16.9 Å². The van der Waals surface area contributed by atoms with Crippen molar-refractivity contribution in [1.82, 2.24) is 4.98 Å². The molecule has 0 aliphatic carbocycles. The quantitative estimate of drug-likeness (QED) is 0.355. The largest absolute Gasteiger partial charge is 0.489 e. The van der Waals surface area contributed by atoms with Crippen LogP contribution in [0.3, 0.4) is 0 Å². The first-order chi connectivity index (χ1) is 16.0. The second-order valence-corrected chi connectivity index (χ2v) is 7.96. The molecule has 4 rings (SSSR count). The van der Waals surface area contributed by atoms with Gasteiger partial charge in [0, 0.05) is 35.7 Å². The van der Waals surface area contributed by atoms with E-state index in [9.17, 15) is 15.0 Å². The first-order valence-corrected chi connectivity index (χ1v) is 10.7. The molecule has 0 unspecified atom stereocenters. The van der Waals surface area contributed by atoms with Crippen molar-refractivity contribution >= 4 is 16.9 Å². The van der Waals surface area contributed by atoms with Gasteiger partial charge in [0.15, 0.2) is 0 Å². The van der Waals surface area contributed by atoms with E-state index < -0.39 is 5.97 Å². The Morgan fingerprint density at radius 2 is 2.00 bits per heavy atom. The average molecular weight is 447 g/mol. The minimum absolute atomic E-state index is 0.00256. The number of benzene rings is 2. The number of aliphatic hydroxyl groups is 1. The van der Waals surface area contributed by atoms with Crippen molar-refractivity contribution in [3.63, 3.8) is 0 Å². The van der Waals surface area contributed by atoms with Gasteiger partial charge in [-0.2, -0.15) is 0 Å². The molecule has 33 heavy (non-hydrogen) atoms. The van der Waals surface area contributed by atoms with Crippen LogP contribution in [0.15, 0.2) is 59.1 Å². The van der Waals surface area contributed by atoms with Gasteiger partial charge in [-0.25, -0.2) is 0 Å². The number of nitrogens with two attached hydrogens (primary N) is 1. The Morgan fingerprint density at radius 3 is 2.76 bits per heavy atom. The summed E-state index contributed by atoms with van der Waals surface area (Å²) in [7, 11) is 0. The number of carbonyl (C=O) groups is 1. The summed E-state index contributed by atoms with van der Waals surface area (Å²) < 4.78 is 12.1. The third kappa shape index (κ3) is 5.22. The zero-order valence-corrected chi connectivity index (χ0v) is 18.4. The zero-order chi connectivity index (χ0) is 23.4. The van der Waals surface area contributed by atoms with Crippen LogP contribution in [-0.2, 0) is 30.8 Å². The lowest BCUT2D eigenvalue weighted by molar-refractivity contribution is -0.136. The van der Waals surface area contributed by atoms with E-state index in [0.29, 0.717) is 30.0 Å². The van der Waals surface area contributed by atoms with Crippen LogP contribution in [0.1, 0.15) is 28.1 Å².